The van der Waals surface area contributed by atoms with Crippen molar-refractivity contribution in [3.8, 4) is 11.4 Å². The van der Waals surface area contributed by atoms with Crippen LogP contribution < -0.4 is 5.56 Å². The van der Waals surface area contributed by atoms with Crippen LogP contribution in [0.1, 0.15) is 0 Å². The third kappa shape index (κ3) is 1.69. The van der Waals surface area contributed by atoms with Crippen molar-refractivity contribution in [3.63, 3.8) is 0 Å². The highest BCUT2D eigenvalue weighted by molar-refractivity contribution is 5.52. The number of hydrogen-bond donors (Lipinski definition) is 1. The monoisotopic (exact) mass is 190 g/mol. The molecule has 0 saturated carbocycles. The first-order valence-electron chi connectivity index (χ1n) is 4.07. The summed E-state index contributed by atoms with van der Waals surface area (Å²) in [6.45, 7) is 0. The summed E-state index contributed by atoms with van der Waals surface area (Å²) in [6.07, 6.45) is 1.36. The molecule has 2 aromatic rings. The molecular formula is C10H7FN2O. The maximum Gasteiger partial charge on any atom is 0.248 e. The molecule has 70 valence electrons. The van der Waals surface area contributed by atoms with Crippen molar-refractivity contribution in [1.29, 1.82) is 0 Å². The Morgan fingerprint density at radius 3 is 2.86 bits per heavy atom. The molecule has 2 heterocycles. The van der Waals surface area contributed by atoms with Gasteiger partial charge in [0.2, 0.25) is 5.56 Å². The molecule has 0 spiro atoms. The average Bonchev–Trinajstić information content (AvgIpc) is 2.18. The van der Waals surface area contributed by atoms with Gasteiger partial charge in [-0.25, -0.2) is 4.39 Å². The Morgan fingerprint density at radius 1 is 1.29 bits per heavy atom. The number of nitrogens with one attached hydrogen (secondary N) is 1. The van der Waals surface area contributed by atoms with Crippen LogP contribution in [0.15, 0.2) is 41.3 Å². The number of rotatable bonds is 1. The minimum Gasteiger partial charge on any atom is -0.321 e. The molecule has 2 rings (SSSR count). The van der Waals surface area contributed by atoms with E-state index in [9.17, 15) is 9.18 Å². The van der Waals surface area contributed by atoms with Crippen molar-refractivity contribution in [2.75, 3.05) is 0 Å². The third-order valence-electron chi connectivity index (χ3n) is 1.77. The SMILES string of the molecule is O=c1cccc(-c2cc(F)ccn2)[nH]1. The quantitative estimate of drug-likeness (QED) is 0.741. The Hall–Kier alpha value is -1.97. The molecule has 14 heavy (non-hydrogen) atoms. The lowest BCUT2D eigenvalue weighted by molar-refractivity contribution is 0.626. The van der Waals surface area contributed by atoms with Gasteiger partial charge in [-0.3, -0.25) is 9.78 Å². The van der Waals surface area contributed by atoms with Gasteiger partial charge in [0, 0.05) is 18.3 Å². The summed E-state index contributed by atoms with van der Waals surface area (Å²) in [5.41, 5.74) is 0.702. The molecule has 0 bridgehead atoms. The molecular weight excluding hydrogens is 183 g/mol. The van der Waals surface area contributed by atoms with Gasteiger partial charge in [0.1, 0.15) is 5.82 Å². The maximum atomic E-state index is 12.8. The van der Waals surface area contributed by atoms with Gasteiger partial charge in [0.05, 0.1) is 11.4 Å². The number of aromatic amines is 1. The van der Waals surface area contributed by atoms with E-state index in [2.05, 4.69) is 9.97 Å². The average molecular weight is 190 g/mol. The number of hydrogen-bond acceptors (Lipinski definition) is 2. The molecule has 0 amide bonds. The van der Waals surface area contributed by atoms with E-state index < -0.39 is 0 Å². The van der Waals surface area contributed by atoms with Crippen molar-refractivity contribution in [2.24, 2.45) is 0 Å². The van der Waals surface area contributed by atoms with Crippen molar-refractivity contribution in [3.05, 3.63) is 52.7 Å². The van der Waals surface area contributed by atoms with Gasteiger partial charge in [-0.2, -0.15) is 0 Å². The van der Waals surface area contributed by atoms with Gasteiger partial charge in [-0.05, 0) is 12.1 Å². The fourth-order valence-electron chi connectivity index (χ4n) is 1.15. The topological polar surface area (TPSA) is 45.8 Å². The van der Waals surface area contributed by atoms with Crippen molar-refractivity contribution in [1.82, 2.24) is 9.97 Å². The largest absolute Gasteiger partial charge is 0.321 e. The van der Waals surface area contributed by atoms with Crippen LogP contribution in [0.3, 0.4) is 0 Å². The summed E-state index contributed by atoms with van der Waals surface area (Å²) in [4.78, 5) is 17.5. The second kappa shape index (κ2) is 3.41. The zero-order valence-corrected chi connectivity index (χ0v) is 7.20. The van der Waals surface area contributed by atoms with E-state index in [4.69, 9.17) is 0 Å². The molecule has 0 fully saturated rings. The molecule has 0 saturated heterocycles. The Morgan fingerprint density at radius 2 is 2.14 bits per heavy atom. The highest BCUT2D eigenvalue weighted by Crippen LogP contribution is 2.12. The van der Waals surface area contributed by atoms with E-state index in [1.165, 1.54) is 24.4 Å². The van der Waals surface area contributed by atoms with Crippen LogP contribution in [0.5, 0.6) is 0 Å². The number of halogens is 1. The molecule has 0 aliphatic heterocycles. The first-order chi connectivity index (χ1) is 6.75. The normalized spacial score (nSPS) is 10.1. The molecule has 0 unspecified atom stereocenters. The molecule has 2 aromatic heterocycles. The smallest absolute Gasteiger partial charge is 0.248 e. The molecule has 1 N–H and O–H groups in total. The van der Waals surface area contributed by atoms with E-state index in [-0.39, 0.29) is 11.4 Å². The summed E-state index contributed by atoms with van der Waals surface area (Å²) < 4.78 is 12.8. The van der Waals surface area contributed by atoms with E-state index in [0.717, 1.165) is 0 Å². The fourth-order valence-corrected chi connectivity index (χ4v) is 1.15. The molecule has 0 radical (unpaired) electrons. The molecule has 0 aliphatic carbocycles. The zero-order chi connectivity index (χ0) is 9.97. The predicted molar refractivity (Wildman–Crippen MR) is 50.3 cm³/mol. The van der Waals surface area contributed by atoms with Crippen LogP contribution in [0, 0.1) is 5.82 Å². The molecule has 0 atom stereocenters. The fraction of sp³-hybridized carbons (Fsp3) is 0. The van der Waals surface area contributed by atoms with Crippen LogP contribution >= 0.6 is 0 Å². The van der Waals surface area contributed by atoms with Gasteiger partial charge in [-0.15, -0.1) is 0 Å². The Kier molecular flexibility index (Phi) is 2.10. The lowest BCUT2D eigenvalue weighted by Gasteiger charge is -1.98. The maximum absolute atomic E-state index is 12.8. The van der Waals surface area contributed by atoms with Gasteiger partial charge in [0.25, 0.3) is 0 Å². The number of H-pyrrole nitrogens is 1. The van der Waals surface area contributed by atoms with Crippen LogP contribution in [-0.4, -0.2) is 9.97 Å². The van der Waals surface area contributed by atoms with E-state index in [0.29, 0.717) is 11.4 Å². The van der Waals surface area contributed by atoms with Gasteiger partial charge in [0.15, 0.2) is 0 Å². The Labute approximate surface area is 79.3 Å². The summed E-state index contributed by atoms with van der Waals surface area (Å²) >= 11 is 0. The van der Waals surface area contributed by atoms with Crippen LogP contribution in [0.25, 0.3) is 11.4 Å². The highest BCUT2D eigenvalue weighted by atomic mass is 19.1. The van der Waals surface area contributed by atoms with E-state index in [1.54, 1.807) is 12.1 Å². The zero-order valence-electron chi connectivity index (χ0n) is 7.20. The van der Waals surface area contributed by atoms with Crippen molar-refractivity contribution in [2.45, 2.75) is 0 Å². The van der Waals surface area contributed by atoms with Gasteiger partial charge in [-0.1, -0.05) is 6.07 Å². The van der Waals surface area contributed by atoms with Crippen molar-refractivity contribution >= 4 is 0 Å². The standard InChI is InChI=1S/C10H7FN2O/c11-7-4-5-12-9(6-7)8-2-1-3-10(14)13-8/h1-6H,(H,13,14). The lowest BCUT2D eigenvalue weighted by Crippen LogP contribution is -2.04. The van der Waals surface area contributed by atoms with Crippen LogP contribution in [0.2, 0.25) is 0 Å². The van der Waals surface area contributed by atoms with Crippen molar-refractivity contribution < 1.29 is 4.39 Å². The van der Waals surface area contributed by atoms with Gasteiger partial charge >= 0.3 is 0 Å². The molecule has 4 heteroatoms. The van der Waals surface area contributed by atoms with E-state index >= 15 is 0 Å². The molecule has 0 aromatic carbocycles. The first-order valence-corrected chi connectivity index (χ1v) is 4.07. The summed E-state index contributed by atoms with van der Waals surface area (Å²) in [7, 11) is 0. The molecule has 0 aliphatic rings. The van der Waals surface area contributed by atoms with E-state index in [1.807, 2.05) is 0 Å². The Balaban J connectivity index is 2.55. The number of pyridine rings is 2. The Bertz CT molecular complexity index is 507. The van der Waals surface area contributed by atoms with Gasteiger partial charge < -0.3 is 4.98 Å². The minimum absolute atomic E-state index is 0.228. The third-order valence-corrected chi connectivity index (χ3v) is 1.77. The summed E-state index contributed by atoms with van der Waals surface area (Å²) in [5.74, 6) is -0.375. The lowest BCUT2D eigenvalue weighted by atomic mass is 10.2. The predicted octanol–water partition coefficient (Wildman–Crippen LogP) is 1.58. The number of aromatic nitrogens is 2. The minimum atomic E-state index is -0.375. The molecule has 3 nitrogen and oxygen atoms in total. The number of nitrogens with zero attached hydrogens (tertiary/aromatic N) is 1. The van der Waals surface area contributed by atoms with Crippen LogP contribution in [0.4, 0.5) is 4.39 Å². The second-order valence-electron chi connectivity index (χ2n) is 2.79. The summed E-state index contributed by atoms with van der Waals surface area (Å²) in [5, 5.41) is 0. The van der Waals surface area contributed by atoms with Crippen LogP contribution in [-0.2, 0) is 0 Å². The second-order valence-corrected chi connectivity index (χ2v) is 2.79. The highest BCUT2D eigenvalue weighted by Gasteiger charge is 2.00. The summed E-state index contributed by atoms with van der Waals surface area (Å²) in [6, 6.07) is 7.18. The first kappa shape index (κ1) is 8.62.